The summed E-state index contributed by atoms with van der Waals surface area (Å²) < 4.78 is 2.05. The van der Waals surface area contributed by atoms with Crippen LogP contribution in [0.3, 0.4) is 0 Å². The molecule has 2 N–H and O–H groups in total. The molecule has 25 heavy (non-hydrogen) atoms. The number of pyridine rings is 1. The highest BCUT2D eigenvalue weighted by atomic mass is 35.5. The lowest BCUT2D eigenvalue weighted by Gasteiger charge is -2.27. The first-order valence-electron chi connectivity index (χ1n) is 8.54. The molecule has 1 fully saturated rings. The zero-order valence-corrected chi connectivity index (χ0v) is 16.5. The van der Waals surface area contributed by atoms with E-state index in [1.54, 1.807) is 0 Å². The number of carbonyl (C=O) groups excluding carboxylic acids is 1. The highest BCUT2D eigenvalue weighted by Crippen LogP contribution is 2.22. The third kappa shape index (κ3) is 5.59. The highest BCUT2D eigenvalue weighted by molar-refractivity contribution is 5.85. The van der Waals surface area contributed by atoms with E-state index in [-0.39, 0.29) is 30.7 Å². The van der Waals surface area contributed by atoms with Crippen LogP contribution < -0.4 is 10.6 Å². The standard InChI is InChI=1S/C18H26N4O.2ClH/c1-13(15-6-4-8-19-10-15)9-18(23)20-11-16-12-22-14(2)5-3-7-17(22)21-16;;/h3,5,7,12-13,15,19H,4,6,8-11H2,1-2H3,(H,20,23);2*1H. The van der Waals surface area contributed by atoms with Gasteiger partial charge in [0.25, 0.3) is 0 Å². The summed E-state index contributed by atoms with van der Waals surface area (Å²) in [4.78, 5) is 16.7. The van der Waals surface area contributed by atoms with E-state index in [9.17, 15) is 4.79 Å². The van der Waals surface area contributed by atoms with E-state index < -0.39 is 0 Å². The van der Waals surface area contributed by atoms with Crippen LogP contribution in [0.25, 0.3) is 5.65 Å². The molecule has 1 aliphatic rings. The minimum Gasteiger partial charge on any atom is -0.350 e. The fourth-order valence-corrected chi connectivity index (χ4v) is 3.37. The molecule has 0 radical (unpaired) electrons. The molecule has 0 spiro atoms. The van der Waals surface area contributed by atoms with Crippen LogP contribution in [0.5, 0.6) is 0 Å². The summed E-state index contributed by atoms with van der Waals surface area (Å²) >= 11 is 0. The minimum atomic E-state index is 0. The topological polar surface area (TPSA) is 58.4 Å². The molecule has 2 atom stereocenters. The number of hydrogen-bond acceptors (Lipinski definition) is 3. The van der Waals surface area contributed by atoms with Crippen molar-refractivity contribution in [3.05, 3.63) is 35.8 Å². The zero-order valence-electron chi connectivity index (χ0n) is 14.8. The van der Waals surface area contributed by atoms with Crippen molar-refractivity contribution in [2.75, 3.05) is 13.1 Å². The number of nitrogens with one attached hydrogen (secondary N) is 2. The van der Waals surface area contributed by atoms with Gasteiger partial charge in [0.05, 0.1) is 12.2 Å². The van der Waals surface area contributed by atoms with Gasteiger partial charge in [0.1, 0.15) is 5.65 Å². The molecule has 5 nitrogen and oxygen atoms in total. The van der Waals surface area contributed by atoms with Crippen molar-refractivity contribution >= 4 is 36.4 Å². The third-order valence-corrected chi connectivity index (χ3v) is 4.86. The van der Waals surface area contributed by atoms with Gasteiger partial charge in [0, 0.05) is 18.3 Å². The molecule has 140 valence electrons. The van der Waals surface area contributed by atoms with Crippen LogP contribution in [-0.4, -0.2) is 28.4 Å². The van der Waals surface area contributed by atoms with Gasteiger partial charge in [-0.05, 0) is 56.8 Å². The molecule has 0 saturated carbocycles. The van der Waals surface area contributed by atoms with E-state index in [0.29, 0.717) is 24.8 Å². The number of aryl methyl sites for hydroxylation is 1. The Kier molecular flexibility index (Phi) is 8.69. The predicted octanol–water partition coefficient (Wildman–Crippen LogP) is 3.13. The van der Waals surface area contributed by atoms with Gasteiger partial charge >= 0.3 is 0 Å². The lowest BCUT2D eigenvalue weighted by molar-refractivity contribution is -0.122. The summed E-state index contributed by atoms with van der Waals surface area (Å²) in [5, 5.41) is 6.44. The maximum atomic E-state index is 12.2. The van der Waals surface area contributed by atoms with E-state index in [2.05, 4.69) is 39.9 Å². The van der Waals surface area contributed by atoms with Crippen LogP contribution in [0, 0.1) is 18.8 Å². The van der Waals surface area contributed by atoms with Gasteiger partial charge in [0.15, 0.2) is 0 Å². The molecule has 0 bridgehead atoms. The largest absolute Gasteiger partial charge is 0.350 e. The summed E-state index contributed by atoms with van der Waals surface area (Å²) in [6.45, 7) is 6.89. The van der Waals surface area contributed by atoms with Crippen molar-refractivity contribution < 1.29 is 4.79 Å². The quantitative estimate of drug-likeness (QED) is 0.829. The summed E-state index contributed by atoms with van der Waals surface area (Å²) in [5.74, 6) is 1.16. The number of carbonyl (C=O) groups is 1. The van der Waals surface area contributed by atoms with Crippen LogP contribution in [-0.2, 0) is 11.3 Å². The van der Waals surface area contributed by atoms with Gasteiger partial charge in [-0.25, -0.2) is 4.98 Å². The Bertz CT molecular complexity index is 683. The van der Waals surface area contributed by atoms with Gasteiger partial charge in [0.2, 0.25) is 5.91 Å². The Labute approximate surface area is 161 Å². The fraction of sp³-hybridized carbons (Fsp3) is 0.556. The molecule has 3 rings (SSSR count). The Balaban J connectivity index is 0.00000156. The number of aromatic nitrogens is 2. The molecule has 2 aromatic heterocycles. The third-order valence-electron chi connectivity index (χ3n) is 4.86. The van der Waals surface area contributed by atoms with Crippen molar-refractivity contribution in [1.82, 2.24) is 20.0 Å². The van der Waals surface area contributed by atoms with Gasteiger partial charge in [-0.2, -0.15) is 0 Å². The second-order valence-corrected chi connectivity index (χ2v) is 6.69. The van der Waals surface area contributed by atoms with E-state index in [4.69, 9.17) is 0 Å². The smallest absolute Gasteiger partial charge is 0.220 e. The van der Waals surface area contributed by atoms with Crippen LogP contribution in [0.1, 0.15) is 37.6 Å². The van der Waals surface area contributed by atoms with Gasteiger partial charge in [-0.1, -0.05) is 13.0 Å². The Morgan fingerprint density at radius 2 is 2.24 bits per heavy atom. The van der Waals surface area contributed by atoms with Crippen LogP contribution in [0.15, 0.2) is 24.4 Å². The van der Waals surface area contributed by atoms with Gasteiger partial charge in [-0.15, -0.1) is 24.8 Å². The Morgan fingerprint density at radius 3 is 2.92 bits per heavy atom. The second kappa shape index (κ2) is 10.00. The highest BCUT2D eigenvalue weighted by Gasteiger charge is 2.21. The van der Waals surface area contributed by atoms with Crippen molar-refractivity contribution in [3.63, 3.8) is 0 Å². The number of amides is 1. The summed E-state index contributed by atoms with van der Waals surface area (Å²) in [6, 6.07) is 6.04. The average Bonchev–Trinajstić information content (AvgIpc) is 2.98. The van der Waals surface area contributed by atoms with E-state index in [1.807, 2.05) is 18.3 Å². The van der Waals surface area contributed by atoms with Crippen molar-refractivity contribution in [3.8, 4) is 0 Å². The summed E-state index contributed by atoms with van der Waals surface area (Å²) in [7, 11) is 0. The second-order valence-electron chi connectivity index (χ2n) is 6.69. The lowest BCUT2D eigenvalue weighted by atomic mass is 9.85. The maximum Gasteiger partial charge on any atom is 0.220 e. The number of piperidine rings is 1. The molecule has 1 saturated heterocycles. The average molecular weight is 387 g/mol. The van der Waals surface area contributed by atoms with Crippen LogP contribution in [0.2, 0.25) is 0 Å². The van der Waals surface area contributed by atoms with Crippen molar-refractivity contribution in [2.45, 2.75) is 39.7 Å². The molecule has 7 heteroatoms. The molecular weight excluding hydrogens is 359 g/mol. The number of fused-ring (bicyclic) bond motifs is 1. The fourth-order valence-electron chi connectivity index (χ4n) is 3.37. The van der Waals surface area contributed by atoms with Crippen molar-refractivity contribution in [1.29, 1.82) is 0 Å². The first kappa shape index (κ1) is 21.7. The summed E-state index contributed by atoms with van der Waals surface area (Å²) in [6.07, 6.45) is 5.04. The normalized spacial score (nSPS) is 18.1. The first-order valence-corrected chi connectivity index (χ1v) is 8.54. The molecule has 1 amide bonds. The number of rotatable bonds is 5. The van der Waals surface area contributed by atoms with Gasteiger partial charge in [-0.3, -0.25) is 4.79 Å². The van der Waals surface area contributed by atoms with E-state index in [0.717, 1.165) is 30.1 Å². The van der Waals surface area contributed by atoms with Crippen LogP contribution in [0.4, 0.5) is 0 Å². The molecule has 1 aliphatic heterocycles. The maximum absolute atomic E-state index is 12.2. The summed E-state index contributed by atoms with van der Waals surface area (Å²) in [5.41, 5.74) is 2.97. The number of imidazole rings is 1. The Hall–Kier alpha value is -1.30. The molecule has 0 aliphatic carbocycles. The van der Waals surface area contributed by atoms with Crippen LogP contribution >= 0.6 is 24.8 Å². The Morgan fingerprint density at radius 1 is 1.44 bits per heavy atom. The predicted molar refractivity (Wildman–Crippen MR) is 106 cm³/mol. The zero-order chi connectivity index (χ0) is 16.2. The molecular formula is C18H28Cl2N4O. The number of nitrogens with zero attached hydrogens (tertiary/aromatic N) is 2. The monoisotopic (exact) mass is 386 g/mol. The SMILES string of the molecule is Cc1cccc2nc(CNC(=O)CC(C)C3CCCNC3)cn12.Cl.Cl. The van der Waals surface area contributed by atoms with E-state index >= 15 is 0 Å². The van der Waals surface area contributed by atoms with Gasteiger partial charge < -0.3 is 15.0 Å². The molecule has 2 aromatic rings. The van der Waals surface area contributed by atoms with Crippen molar-refractivity contribution in [2.24, 2.45) is 11.8 Å². The lowest BCUT2D eigenvalue weighted by Crippen LogP contribution is -2.35. The molecule has 2 unspecified atom stereocenters. The molecule has 3 heterocycles. The number of hydrogen-bond donors (Lipinski definition) is 2. The first-order chi connectivity index (χ1) is 11.1. The van der Waals surface area contributed by atoms with E-state index in [1.165, 1.54) is 12.8 Å². The molecule has 0 aromatic carbocycles. The number of halogens is 2. The minimum absolute atomic E-state index is 0.